The van der Waals surface area contributed by atoms with Gasteiger partial charge in [0.15, 0.2) is 10.9 Å². The molecule has 1 amide bonds. The zero-order chi connectivity index (χ0) is 18.4. The number of amides is 1. The van der Waals surface area contributed by atoms with Gasteiger partial charge in [-0.15, -0.1) is 10.2 Å². The van der Waals surface area contributed by atoms with Crippen LogP contribution in [0.25, 0.3) is 0 Å². The minimum atomic E-state index is -0.254. The molecule has 0 aliphatic heterocycles. The van der Waals surface area contributed by atoms with Crippen molar-refractivity contribution < 1.29 is 9.53 Å². The molecule has 5 nitrogen and oxygen atoms in total. The van der Waals surface area contributed by atoms with E-state index in [2.05, 4.69) is 47.6 Å². The van der Waals surface area contributed by atoms with Crippen LogP contribution in [0, 0.1) is 13.8 Å². The van der Waals surface area contributed by atoms with Gasteiger partial charge >= 0.3 is 0 Å². The van der Waals surface area contributed by atoms with Crippen LogP contribution in [0.1, 0.15) is 16.7 Å². The number of carbonyl (C=O) groups is 1. The third-order valence-electron chi connectivity index (χ3n) is 3.62. The molecule has 0 bridgehead atoms. The smallest absolute Gasteiger partial charge is 0.264 e. The number of nitrogens with zero attached hydrogens (tertiary/aromatic N) is 2. The predicted molar refractivity (Wildman–Crippen MR) is 106 cm³/mol. The molecular weight excluding hydrogens is 366 g/mol. The van der Waals surface area contributed by atoms with E-state index in [-0.39, 0.29) is 12.5 Å². The zero-order valence-corrected chi connectivity index (χ0v) is 16.2. The van der Waals surface area contributed by atoms with Crippen molar-refractivity contribution in [3.8, 4) is 5.75 Å². The van der Waals surface area contributed by atoms with Crippen molar-refractivity contribution in [1.29, 1.82) is 0 Å². The highest BCUT2D eigenvalue weighted by atomic mass is 32.2. The van der Waals surface area contributed by atoms with Crippen LogP contribution in [0.3, 0.4) is 0 Å². The van der Waals surface area contributed by atoms with Gasteiger partial charge in [0.05, 0.1) is 0 Å². The Morgan fingerprint density at radius 3 is 2.77 bits per heavy atom. The summed E-state index contributed by atoms with van der Waals surface area (Å²) in [7, 11) is 0. The molecule has 0 spiro atoms. The monoisotopic (exact) mass is 385 g/mol. The van der Waals surface area contributed by atoms with E-state index in [1.165, 1.54) is 28.0 Å². The maximum Gasteiger partial charge on any atom is 0.264 e. The molecule has 0 aliphatic carbocycles. The maximum atomic E-state index is 12.0. The number of rotatable bonds is 7. The summed E-state index contributed by atoms with van der Waals surface area (Å²) >= 11 is 2.98. The topological polar surface area (TPSA) is 64.1 Å². The third-order valence-corrected chi connectivity index (χ3v) is 5.64. The molecule has 1 N–H and O–H groups in total. The molecule has 26 heavy (non-hydrogen) atoms. The Morgan fingerprint density at radius 1 is 1.15 bits per heavy atom. The summed E-state index contributed by atoms with van der Waals surface area (Å²) in [4.78, 5) is 12.0. The first kappa shape index (κ1) is 18.4. The van der Waals surface area contributed by atoms with Gasteiger partial charge in [0.25, 0.3) is 5.91 Å². The van der Waals surface area contributed by atoms with Gasteiger partial charge in [-0.3, -0.25) is 10.1 Å². The Labute approximate surface area is 160 Å². The number of benzene rings is 2. The molecule has 0 saturated heterocycles. The Hall–Kier alpha value is -2.38. The second-order valence-electron chi connectivity index (χ2n) is 5.74. The lowest BCUT2D eigenvalue weighted by Crippen LogP contribution is -2.20. The van der Waals surface area contributed by atoms with Crippen molar-refractivity contribution in [3.63, 3.8) is 0 Å². The molecule has 1 heterocycles. The second kappa shape index (κ2) is 8.82. The fraction of sp³-hybridized carbons (Fsp3) is 0.211. The van der Waals surface area contributed by atoms with Crippen molar-refractivity contribution >= 4 is 34.1 Å². The van der Waals surface area contributed by atoms with Gasteiger partial charge in [0.2, 0.25) is 5.13 Å². The van der Waals surface area contributed by atoms with Crippen LogP contribution in [0.15, 0.2) is 52.9 Å². The summed E-state index contributed by atoms with van der Waals surface area (Å²) in [6, 6.07) is 15.7. The number of carbonyl (C=O) groups excluding carboxylic acids is 1. The fourth-order valence-corrected chi connectivity index (χ4v) is 4.07. The molecule has 2 aromatic carbocycles. The largest absolute Gasteiger partial charge is 0.484 e. The summed E-state index contributed by atoms with van der Waals surface area (Å²) < 4.78 is 6.24. The zero-order valence-electron chi connectivity index (χ0n) is 14.6. The highest BCUT2D eigenvalue weighted by Gasteiger charge is 2.10. The standard InChI is InChI=1S/C19H19N3O2S2/c1-13-8-9-14(2)15(10-13)12-25-19-22-21-18(26-19)20-17(23)11-24-16-6-4-3-5-7-16/h3-10H,11-12H2,1-2H3,(H,20,21,23). The third kappa shape index (κ3) is 5.31. The molecule has 0 saturated carbocycles. The molecule has 0 fully saturated rings. The molecule has 3 rings (SSSR count). The van der Waals surface area contributed by atoms with Crippen molar-refractivity contribution in [3.05, 3.63) is 65.2 Å². The number of hydrogen-bond acceptors (Lipinski definition) is 6. The van der Waals surface area contributed by atoms with Gasteiger partial charge in [-0.1, -0.05) is 65.1 Å². The van der Waals surface area contributed by atoms with Crippen LogP contribution in [-0.4, -0.2) is 22.7 Å². The average Bonchev–Trinajstić information content (AvgIpc) is 3.09. The van der Waals surface area contributed by atoms with E-state index in [1.807, 2.05) is 18.2 Å². The van der Waals surface area contributed by atoms with Gasteiger partial charge < -0.3 is 4.74 Å². The van der Waals surface area contributed by atoms with E-state index in [0.29, 0.717) is 10.9 Å². The Bertz CT molecular complexity index is 882. The van der Waals surface area contributed by atoms with Gasteiger partial charge in [0, 0.05) is 5.75 Å². The number of aryl methyl sites for hydroxylation is 2. The minimum absolute atomic E-state index is 0.0610. The first-order valence-electron chi connectivity index (χ1n) is 8.10. The van der Waals surface area contributed by atoms with Crippen LogP contribution < -0.4 is 10.1 Å². The van der Waals surface area contributed by atoms with Crippen LogP contribution in [0.4, 0.5) is 5.13 Å². The van der Waals surface area contributed by atoms with Crippen molar-refractivity contribution in [2.75, 3.05) is 11.9 Å². The Kier molecular flexibility index (Phi) is 6.25. The number of aromatic nitrogens is 2. The van der Waals surface area contributed by atoms with Crippen molar-refractivity contribution in [2.45, 2.75) is 23.9 Å². The lowest BCUT2D eigenvalue weighted by atomic mass is 10.1. The Morgan fingerprint density at radius 2 is 1.96 bits per heavy atom. The molecule has 0 radical (unpaired) electrons. The molecule has 134 valence electrons. The quantitative estimate of drug-likeness (QED) is 0.480. The number of para-hydroxylation sites is 1. The number of thioether (sulfide) groups is 1. The van der Waals surface area contributed by atoms with Crippen LogP contribution in [0.2, 0.25) is 0 Å². The Balaban J connectivity index is 1.49. The van der Waals surface area contributed by atoms with Crippen molar-refractivity contribution in [1.82, 2.24) is 10.2 Å². The lowest BCUT2D eigenvalue weighted by Gasteiger charge is -2.05. The normalized spacial score (nSPS) is 10.5. The van der Waals surface area contributed by atoms with E-state index in [1.54, 1.807) is 23.9 Å². The van der Waals surface area contributed by atoms with E-state index in [4.69, 9.17) is 4.74 Å². The summed E-state index contributed by atoms with van der Waals surface area (Å²) in [6.07, 6.45) is 0. The molecule has 7 heteroatoms. The first-order chi connectivity index (χ1) is 12.6. The first-order valence-corrected chi connectivity index (χ1v) is 9.90. The van der Waals surface area contributed by atoms with Gasteiger partial charge in [-0.25, -0.2) is 0 Å². The maximum absolute atomic E-state index is 12.0. The number of hydrogen-bond donors (Lipinski definition) is 1. The molecule has 0 unspecified atom stereocenters. The summed E-state index contributed by atoms with van der Waals surface area (Å²) in [5.41, 5.74) is 3.79. The van der Waals surface area contributed by atoms with Gasteiger partial charge in [0.1, 0.15) is 5.75 Å². The molecule has 0 atom stereocenters. The minimum Gasteiger partial charge on any atom is -0.484 e. The summed E-state index contributed by atoms with van der Waals surface area (Å²) in [5.74, 6) is 1.23. The number of nitrogens with one attached hydrogen (secondary N) is 1. The second-order valence-corrected chi connectivity index (χ2v) is 7.94. The van der Waals surface area contributed by atoms with Crippen molar-refractivity contribution in [2.24, 2.45) is 0 Å². The highest BCUT2D eigenvalue weighted by molar-refractivity contribution is 8.00. The molecule has 1 aromatic heterocycles. The van der Waals surface area contributed by atoms with E-state index in [9.17, 15) is 4.79 Å². The van der Waals surface area contributed by atoms with E-state index in [0.717, 1.165) is 10.1 Å². The number of anilines is 1. The summed E-state index contributed by atoms with van der Waals surface area (Å²) in [5, 5.41) is 11.4. The van der Waals surface area contributed by atoms with E-state index >= 15 is 0 Å². The van der Waals surface area contributed by atoms with Gasteiger partial charge in [-0.05, 0) is 37.1 Å². The van der Waals surface area contributed by atoms with Crippen LogP contribution in [-0.2, 0) is 10.5 Å². The van der Waals surface area contributed by atoms with E-state index < -0.39 is 0 Å². The van der Waals surface area contributed by atoms with Crippen LogP contribution in [0.5, 0.6) is 5.75 Å². The fourth-order valence-electron chi connectivity index (χ4n) is 2.23. The van der Waals surface area contributed by atoms with Crippen LogP contribution >= 0.6 is 23.1 Å². The lowest BCUT2D eigenvalue weighted by molar-refractivity contribution is -0.118. The molecule has 3 aromatic rings. The summed E-state index contributed by atoms with van der Waals surface area (Å²) in [6.45, 7) is 4.13. The SMILES string of the molecule is Cc1ccc(C)c(CSc2nnc(NC(=O)COc3ccccc3)s2)c1. The average molecular weight is 386 g/mol. The highest BCUT2D eigenvalue weighted by Crippen LogP contribution is 2.29. The predicted octanol–water partition coefficient (Wildman–Crippen LogP) is 4.46. The molecule has 0 aliphatic rings. The molecular formula is C19H19N3O2S2. The number of ether oxygens (including phenoxy) is 1. The van der Waals surface area contributed by atoms with Gasteiger partial charge in [-0.2, -0.15) is 0 Å².